The van der Waals surface area contributed by atoms with E-state index in [2.05, 4.69) is 0 Å². The molecular weight excluding hydrogens is 387 g/mol. The average Bonchev–Trinajstić information content (AvgIpc) is 2.74. The van der Waals surface area contributed by atoms with Crippen LogP contribution in [0.3, 0.4) is 0 Å². The zero-order valence-corrected chi connectivity index (χ0v) is 15.7. The molecule has 0 aliphatic heterocycles. The fraction of sp³-hybridized carbons (Fsp3) is 0.0833. The Bertz CT molecular complexity index is 1210. The Kier molecular flexibility index (Phi) is 4.93. The normalized spacial score (nSPS) is 13.9. The summed E-state index contributed by atoms with van der Waals surface area (Å²) >= 11 is 0. The number of phenolic OH excluding ortho intramolecular Hbond substituents is 2. The van der Waals surface area contributed by atoms with Crippen molar-refractivity contribution in [1.29, 1.82) is 0 Å². The lowest BCUT2D eigenvalue weighted by Gasteiger charge is -2.22. The second-order valence-electron chi connectivity index (χ2n) is 6.96. The smallest absolute Gasteiger partial charge is 0.198 e. The van der Waals surface area contributed by atoms with Gasteiger partial charge in [0.25, 0.3) is 0 Å². The number of hydrogen-bond donors (Lipinski definition) is 3. The number of benzene rings is 3. The van der Waals surface area contributed by atoms with Crippen molar-refractivity contribution in [2.75, 3.05) is 0 Å². The number of carbonyl (C=O) groups excluding carboxylic acids is 2. The molecule has 3 aromatic carbocycles. The molecule has 1 aliphatic carbocycles. The largest absolute Gasteiger partial charge is 0.507 e. The van der Waals surface area contributed by atoms with E-state index in [1.807, 2.05) is 0 Å². The van der Waals surface area contributed by atoms with Crippen molar-refractivity contribution in [3.05, 3.63) is 99.9 Å². The summed E-state index contributed by atoms with van der Waals surface area (Å²) in [6.07, 6.45) is 1.70. The number of carbonyl (C=O) groups is 2. The maximum atomic E-state index is 13.7. The van der Waals surface area contributed by atoms with E-state index in [0.29, 0.717) is 5.56 Å². The van der Waals surface area contributed by atoms with Crippen LogP contribution in [0.2, 0.25) is 0 Å². The maximum absolute atomic E-state index is 13.7. The number of hydrogen-bond acceptors (Lipinski definition) is 5. The quantitative estimate of drug-likeness (QED) is 0.444. The summed E-state index contributed by atoms with van der Waals surface area (Å²) in [5, 5.41) is 31.6. The van der Waals surface area contributed by atoms with Crippen LogP contribution in [0.15, 0.2) is 60.7 Å². The molecule has 4 rings (SSSR count). The van der Waals surface area contributed by atoms with Crippen molar-refractivity contribution in [3.63, 3.8) is 0 Å². The average molecular weight is 404 g/mol. The second kappa shape index (κ2) is 7.57. The number of halogens is 1. The van der Waals surface area contributed by atoms with E-state index in [1.54, 1.807) is 30.3 Å². The summed E-state index contributed by atoms with van der Waals surface area (Å²) in [5.74, 6) is -2.65. The van der Waals surface area contributed by atoms with Gasteiger partial charge in [0.2, 0.25) is 0 Å². The number of phenols is 2. The highest BCUT2D eigenvalue weighted by atomic mass is 19.1. The standard InChI is InChI=1S/C24H17FO5/c25-17-10-4-1-6-13(17)7-5-11-18(26)16-12-19(27)20-21(24(16)30)23(29)15-9-3-2-8-14(15)22(20)28/h1-10,12,18,26-27,30H,11H2/b7-5+. The van der Waals surface area contributed by atoms with E-state index in [0.717, 1.165) is 6.07 Å². The molecule has 6 heteroatoms. The predicted octanol–water partition coefficient (Wildman–Crippen LogP) is 4.15. The number of ketones is 2. The molecule has 0 radical (unpaired) electrons. The molecule has 150 valence electrons. The van der Waals surface area contributed by atoms with Gasteiger partial charge in [0.15, 0.2) is 11.6 Å². The fourth-order valence-corrected chi connectivity index (χ4v) is 3.59. The Morgan fingerprint density at radius 2 is 1.50 bits per heavy atom. The molecule has 0 saturated heterocycles. The fourth-order valence-electron chi connectivity index (χ4n) is 3.59. The van der Waals surface area contributed by atoms with Gasteiger partial charge in [-0.15, -0.1) is 0 Å². The molecule has 3 N–H and O–H groups in total. The Balaban J connectivity index is 1.69. The minimum absolute atomic E-state index is 0.0150. The van der Waals surface area contributed by atoms with Crippen LogP contribution < -0.4 is 0 Å². The van der Waals surface area contributed by atoms with Gasteiger partial charge in [-0.2, -0.15) is 0 Å². The van der Waals surface area contributed by atoms with Crippen LogP contribution in [0.5, 0.6) is 11.5 Å². The monoisotopic (exact) mass is 404 g/mol. The van der Waals surface area contributed by atoms with Gasteiger partial charge in [-0.25, -0.2) is 4.39 Å². The topological polar surface area (TPSA) is 94.8 Å². The molecule has 0 heterocycles. The van der Waals surface area contributed by atoms with Crippen molar-refractivity contribution in [2.45, 2.75) is 12.5 Å². The third-order valence-electron chi connectivity index (χ3n) is 5.10. The molecule has 1 aliphatic rings. The van der Waals surface area contributed by atoms with Crippen LogP contribution >= 0.6 is 0 Å². The first kappa shape index (κ1) is 19.5. The molecule has 3 aromatic rings. The lowest BCUT2D eigenvalue weighted by atomic mass is 9.81. The molecule has 5 nitrogen and oxygen atoms in total. The Hall–Kier alpha value is -3.77. The summed E-state index contributed by atoms with van der Waals surface area (Å²) in [4.78, 5) is 25.6. The lowest BCUT2D eigenvalue weighted by Crippen LogP contribution is -2.22. The van der Waals surface area contributed by atoms with Gasteiger partial charge in [-0.3, -0.25) is 9.59 Å². The number of aliphatic hydroxyl groups excluding tert-OH is 1. The van der Waals surface area contributed by atoms with Gasteiger partial charge in [0.1, 0.15) is 17.3 Å². The Labute approximate surface area is 171 Å². The van der Waals surface area contributed by atoms with E-state index in [-0.39, 0.29) is 34.2 Å². The van der Waals surface area contributed by atoms with Gasteiger partial charge in [0.05, 0.1) is 17.2 Å². The van der Waals surface area contributed by atoms with Crippen LogP contribution in [0.25, 0.3) is 6.08 Å². The maximum Gasteiger partial charge on any atom is 0.198 e. The van der Waals surface area contributed by atoms with E-state index in [9.17, 15) is 29.3 Å². The van der Waals surface area contributed by atoms with Crippen LogP contribution in [0, 0.1) is 5.82 Å². The highest BCUT2D eigenvalue weighted by molar-refractivity contribution is 6.30. The van der Waals surface area contributed by atoms with Crippen LogP contribution in [-0.2, 0) is 0 Å². The van der Waals surface area contributed by atoms with E-state index in [1.165, 1.54) is 30.4 Å². The Morgan fingerprint density at radius 1 is 0.900 bits per heavy atom. The molecular formula is C24H17FO5. The zero-order chi connectivity index (χ0) is 21.4. The third-order valence-corrected chi connectivity index (χ3v) is 5.10. The zero-order valence-electron chi connectivity index (χ0n) is 15.7. The summed E-state index contributed by atoms with van der Waals surface area (Å²) in [5.41, 5.74) is -0.106. The summed E-state index contributed by atoms with van der Waals surface area (Å²) in [6, 6.07) is 13.3. The van der Waals surface area contributed by atoms with Gasteiger partial charge in [-0.1, -0.05) is 54.6 Å². The molecule has 30 heavy (non-hydrogen) atoms. The summed E-state index contributed by atoms with van der Waals surface area (Å²) < 4.78 is 13.7. The molecule has 1 unspecified atom stereocenters. The highest BCUT2D eigenvalue weighted by Crippen LogP contribution is 2.42. The van der Waals surface area contributed by atoms with E-state index in [4.69, 9.17) is 0 Å². The van der Waals surface area contributed by atoms with Crippen LogP contribution in [-0.4, -0.2) is 26.9 Å². The molecule has 0 saturated carbocycles. The number of fused-ring (bicyclic) bond motifs is 2. The van der Waals surface area contributed by atoms with Crippen LogP contribution in [0.1, 0.15) is 55.5 Å². The van der Waals surface area contributed by atoms with E-state index >= 15 is 0 Å². The minimum atomic E-state index is -1.29. The molecule has 0 fully saturated rings. The molecule has 0 spiro atoms. The molecule has 0 amide bonds. The SMILES string of the molecule is O=C1c2ccccc2C(=O)c2c(O)c(C(O)C/C=C/c3ccccc3F)cc(O)c21. The second-order valence-corrected chi connectivity index (χ2v) is 6.96. The van der Waals surface area contributed by atoms with Gasteiger partial charge < -0.3 is 15.3 Å². The number of rotatable bonds is 4. The first-order chi connectivity index (χ1) is 14.4. The minimum Gasteiger partial charge on any atom is -0.507 e. The first-order valence-electron chi connectivity index (χ1n) is 9.26. The van der Waals surface area contributed by atoms with Crippen molar-refractivity contribution >= 4 is 17.6 Å². The van der Waals surface area contributed by atoms with Crippen molar-refractivity contribution in [1.82, 2.24) is 0 Å². The van der Waals surface area contributed by atoms with Crippen molar-refractivity contribution < 1.29 is 29.3 Å². The molecule has 1 atom stereocenters. The van der Waals surface area contributed by atoms with Gasteiger partial charge >= 0.3 is 0 Å². The number of aromatic hydroxyl groups is 2. The van der Waals surface area contributed by atoms with E-state index < -0.39 is 35.0 Å². The summed E-state index contributed by atoms with van der Waals surface area (Å²) in [6.45, 7) is 0. The van der Waals surface area contributed by atoms with Crippen molar-refractivity contribution in [3.8, 4) is 11.5 Å². The first-order valence-corrected chi connectivity index (χ1v) is 9.26. The van der Waals surface area contributed by atoms with Crippen LogP contribution in [0.4, 0.5) is 4.39 Å². The van der Waals surface area contributed by atoms with Gasteiger partial charge in [-0.05, 0) is 18.6 Å². The Morgan fingerprint density at radius 3 is 2.17 bits per heavy atom. The number of aliphatic hydroxyl groups is 1. The van der Waals surface area contributed by atoms with Crippen molar-refractivity contribution in [2.24, 2.45) is 0 Å². The molecule has 0 bridgehead atoms. The predicted molar refractivity (Wildman–Crippen MR) is 108 cm³/mol. The lowest BCUT2D eigenvalue weighted by molar-refractivity contribution is 0.0973. The third kappa shape index (κ3) is 3.17. The molecule has 0 aromatic heterocycles. The highest BCUT2D eigenvalue weighted by Gasteiger charge is 2.36. The van der Waals surface area contributed by atoms with Gasteiger partial charge in [0, 0.05) is 22.3 Å². The summed E-state index contributed by atoms with van der Waals surface area (Å²) in [7, 11) is 0.